The molecular formula is C8H16O2Si. The molecule has 0 N–H and O–H groups in total. The molecule has 0 bridgehead atoms. The Morgan fingerprint density at radius 2 is 1.91 bits per heavy atom. The molecule has 0 aromatic heterocycles. The Bertz CT molecular complexity index is 167. The summed E-state index contributed by atoms with van der Waals surface area (Å²) in [4.78, 5) is 11.0. The summed E-state index contributed by atoms with van der Waals surface area (Å²) < 4.78 is 5.38. The van der Waals surface area contributed by atoms with Gasteiger partial charge in [0.25, 0.3) is 0 Å². The van der Waals surface area contributed by atoms with Gasteiger partial charge in [-0.15, -0.1) is 0 Å². The van der Waals surface area contributed by atoms with E-state index in [1.165, 1.54) is 0 Å². The molecule has 0 aliphatic rings. The van der Waals surface area contributed by atoms with Crippen molar-refractivity contribution in [3.63, 3.8) is 0 Å². The van der Waals surface area contributed by atoms with Gasteiger partial charge in [0.15, 0.2) is 14.1 Å². The van der Waals surface area contributed by atoms with E-state index in [1.54, 1.807) is 6.92 Å². The summed E-state index contributed by atoms with van der Waals surface area (Å²) in [5, 5.41) is 0. The molecule has 0 aromatic carbocycles. The van der Waals surface area contributed by atoms with Crippen LogP contribution in [0.2, 0.25) is 19.6 Å². The van der Waals surface area contributed by atoms with Crippen LogP contribution in [0.4, 0.5) is 0 Å². The molecule has 0 saturated carbocycles. The van der Waals surface area contributed by atoms with Gasteiger partial charge in [-0.1, -0.05) is 6.58 Å². The molecular weight excluding hydrogens is 156 g/mol. The summed E-state index contributed by atoms with van der Waals surface area (Å²) >= 11 is 0. The van der Waals surface area contributed by atoms with Crippen LogP contribution in [0.15, 0.2) is 12.2 Å². The Labute approximate surface area is 69.4 Å². The molecule has 64 valence electrons. The van der Waals surface area contributed by atoms with Crippen molar-refractivity contribution in [1.82, 2.24) is 0 Å². The Hall–Kier alpha value is -0.413. The standard InChI is InChI=1S/C8H16O2Si/c1-7(2)8(9)6-10-11(3,4)5/h1,6H2,2-5H3. The minimum absolute atomic E-state index is 0.00687. The average Bonchev–Trinajstić information content (AvgIpc) is 1.80. The van der Waals surface area contributed by atoms with Crippen molar-refractivity contribution in [2.75, 3.05) is 6.61 Å². The van der Waals surface area contributed by atoms with E-state index in [2.05, 4.69) is 26.2 Å². The maximum absolute atomic E-state index is 11.0. The zero-order valence-corrected chi connectivity index (χ0v) is 8.73. The first-order valence-corrected chi connectivity index (χ1v) is 7.06. The zero-order valence-electron chi connectivity index (χ0n) is 7.73. The molecule has 0 amide bonds. The monoisotopic (exact) mass is 172 g/mol. The fourth-order valence-electron chi connectivity index (χ4n) is 0.405. The van der Waals surface area contributed by atoms with E-state index in [9.17, 15) is 4.79 Å². The summed E-state index contributed by atoms with van der Waals surface area (Å²) in [5.41, 5.74) is 0.572. The van der Waals surface area contributed by atoms with E-state index in [4.69, 9.17) is 4.43 Å². The fraction of sp³-hybridized carbons (Fsp3) is 0.625. The fourth-order valence-corrected chi connectivity index (χ4v) is 0.969. The molecule has 0 fully saturated rings. The molecule has 0 unspecified atom stereocenters. The summed E-state index contributed by atoms with van der Waals surface area (Å²) in [5.74, 6) is 0.00687. The first kappa shape index (κ1) is 10.6. The van der Waals surface area contributed by atoms with Gasteiger partial charge >= 0.3 is 0 Å². The normalized spacial score (nSPS) is 11.3. The van der Waals surface area contributed by atoms with E-state index in [0.29, 0.717) is 5.57 Å². The molecule has 0 rings (SSSR count). The summed E-state index contributed by atoms with van der Waals surface area (Å²) in [6.07, 6.45) is 0. The molecule has 11 heavy (non-hydrogen) atoms. The SMILES string of the molecule is C=C(C)C(=O)CO[Si](C)(C)C. The molecule has 0 spiro atoms. The highest BCUT2D eigenvalue weighted by atomic mass is 28.4. The van der Waals surface area contributed by atoms with E-state index < -0.39 is 8.32 Å². The molecule has 0 heterocycles. The predicted octanol–water partition coefficient (Wildman–Crippen LogP) is 1.98. The van der Waals surface area contributed by atoms with E-state index >= 15 is 0 Å². The maximum atomic E-state index is 11.0. The van der Waals surface area contributed by atoms with E-state index in [0.717, 1.165) is 0 Å². The maximum Gasteiger partial charge on any atom is 0.184 e. The number of hydrogen-bond donors (Lipinski definition) is 0. The lowest BCUT2D eigenvalue weighted by Gasteiger charge is -2.15. The van der Waals surface area contributed by atoms with Gasteiger partial charge in [0.2, 0.25) is 0 Å². The van der Waals surface area contributed by atoms with Crippen LogP contribution in [0.25, 0.3) is 0 Å². The topological polar surface area (TPSA) is 26.3 Å². The Balaban J connectivity index is 3.73. The summed E-state index contributed by atoms with van der Waals surface area (Å²) in [6.45, 7) is 11.6. The number of ketones is 1. The van der Waals surface area contributed by atoms with Crippen LogP contribution in [-0.2, 0) is 9.22 Å². The number of rotatable bonds is 4. The summed E-state index contributed by atoms with van der Waals surface area (Å²) in [7, 11) is -1.53. The predicted molar refractivity (Wildman–Crippen MR) is 49.1 cm³/mol. The molecule has 2 nitrogen and oxygen atoms in total. The third-order valence-electron chi connectivity index (χ3n) is 1.11. The van der Waals surface area contributed by atoms with Crippen molar-refractivity contribution in [2.24, 2.45) is 0 Å². The Morgan fingerprint density at radius 3 is 2.18 bits per heavy atom. The van der Waals surface area contributed by atoms with Crippen molar-refractivity contribution in [3.8, 4) is 0 Å². The van der Waals surface area contributed by atoms with E-state index in [1.807, 2.05) is 0 Å². The largest absolute Gasteiger partial charge is 0.410 e. The molecule has 0 aliphatic heterocycles. The highest BCUT2D eigenvalue weighted by Gasteiger charge is 2.15. The van der Waals surface area contributed by atoms with Gasteiger partial charge in [-0.2, -0.15) is 0 Å². The number of hydrogen-bond acceptors (Lipinski definition) is 2. The van der Waals surface area contributed by atoms with Crippen LogP contribution in [0.3, 0.4) is 0 Å². The number of carbonyl (C=O) groups excluding carboxylic acids is 1. The van der Waals surface area contributed by atoms with Crippen LogP contribution < -0.4 is 0 Å². The third kappa shape index (κ3) is 6.00. The van der Waals surface area contributed by atoms with Crippen LogP contribution in [0, 0.1) is 0 Å². The summed E-state index contributed by atoms with van der Waals surface area (Å²) in [6, 6.07) is 0. The zero-order chi connectivity index (χ0) is 9.07. The lowest BCUT2D eigenvalue weighted by atomic mass is 10.2. The number of Topliss-reactive ketones (excluding diaryl/α,β-unsaturated/α-hetero) is 1. The molecule has 0 radical (unpaired) electrons. The van der Waals surface area contributed by atoms with Gasteiger partial charge in [-0.05, 0) is 32.1 Å². The van der Waals surface area contributed by atoms with Gasteiger partial charge in [-0.3, -0.25) is 4.79 Å². The van der Waals surface area contributed by atoms with Gasteiger partial charge in [0.05, 0.1) is 6.61 Å². The second-order valence-corrected chi connectivity index (χ2v) is 8.12. The van der Waals surface area contributed by atoms with Crippen molar-refractivity contribution in [3.05, 3.63) is 12.2 Å². The Kier molecular flexibility index (Phi) is 3.69. The Morgan fingerprint density at radius 1 is 1.45 bits per heavy atom. The van der Waals surface area contributed by atoms with Crippen LogP contribution in [-0.4, -0.2) is 20.7 Å². The van der Waals surface area contributed by atoms with Crippen LogP contribution in [0.1, 0.15) is 6.92 Å². The van der Waals surface area contributed by atoms with E-state index in [-0.39, 0.29) is 12.4 Å². The highest BCUT2D eigenvalue weighted by Crippen LogP contribution is 2.03. The first-order valence-electron chi connectivity index (χ1n) is 3.65. The molecule has 0 aromatic rings. The van der Waals surface area contributed by atoms with Crippen LogP contribution in [0.5, 0.6) is 0 Å². The van der Waals surface area contributed by atoms with Gasteiger partial charge in [-0.25, -0.2) is 0 Å². The lowest BCUT2D eigenvalue weighted by molar-refractivity contribution is -0.117. The van der Waals surface area contributed by atoms with Crippen molar-refractivity contribution in [2.45, 2.75) is 26.6 Å². The van der Waals surface area contributed by atoms with Crippen molar-refractivity contribution < 1.29 is 9.22 Å². The molecule has 0 saturated heterocycles. The van der Waals surface area contributed by atoms with Gasteiger partial charge in [0, 0.05) is 0 Å². The second kappa shape index (κ2) is 3.83. The lowest BCUT2D eigenvalue weighted by Crippen LogP contribution is -2.28. The van der Waals surface area contributed by atoms with Gasteiger partial charge < -0.3 is 4.43 Å². The minimum Gasteiger partial charge on any atom is -0.410 e. The molecule has 0 atom stereocenters. The highest BCUT2D eigenvalue weighted by molar-refractivity contribution is 6.69. The first-order chi connectivity index (χ1) is 4.83. The van der Waals surface area contributed by atoms with Crippen molar-refractivity contribution >= 4 is 14.1 Å². The molecule has 0 aliphatic carbocycles. The quantitative estimate of drug-likeness (QED) is 0.479. The minimum atomic E-state index is -1.53. The van der Waals surface area contributed by atoms with Crippen molar-refractivity contribution in [1.29, 1.82) is 0 Å². The van der Waals surface area contributed by atoms with Crippen LogP contribution >= 0.6 is 0 Å². The smallest absolute Gasteiger partial charge is 0.184 e. The second-order valence-electron chi connectivity index (χ2n) is 3.60. The third-order valence-corrected chi connectivity index (χ3v) is 2.12. The average molecular weight is 172 g/mol. The van der Waals surface area contributed by atoms with Gasteiger partial charge in [0.1, 0.15) is 0 Å². The number of carbonyl (C=O) groups is 1. The molecule has 3 heteroatoms.